The van der Waals surface area contributed by atoms with E-state index in [9.17, 15) is 22.4 Å². The van der Waals surface area contributed by atoms with Crippen molar-refractivity contribution in [1.29, 1.82) is 0 Å². The molecule has 2 atom stereocenters. The van der Waals surface area contributed by atoms with Gasteiger partial charge in [-0.05, 0) is 55.5 Å². The summed E-state index contributed by atoms with van der Waals surface area (Å²) >= 11 is 6.60. The molecule has 0 N–H and O–H groups in total. The van der Waals surface area contributed by atoms with Gasteiger partial charge in [0.1, 0.15) is 18.1 Å². The van der Waals surface area contributed by atoms with E-state index in [4.69, 9.17) is 16.3 Å². The minimum atomic E-state index is -4.62. The van der Waals surface area contributed by atoms with Crippen LogP contribution in [0.3, 0.4) is 0 Å². The smallest absolute Gasteiger partial charge is 0.379 e. The Morgan fingerprint density at radius 1 is 1.14 bits per heavy atom. The SMILES string of the molecule is Cc1cc(F)cc(C2C(N3CCOCC3)CCN2C(=O)Cn2nc(C3CC3)cc2C(F)(F)F)c1Cl. The van der Waals surface area contributed by atoms with Crippen molar-refractivity contribution in [1.82, 2.24) is 19.6 Å². The van der Waals surface area contributed by atoms with Crippen LogP contribution in [0.4, 0.5) is 17.6 Å². The summed E-state index contributed by atoms with van der Waals surface area (Å²) in [5.41, 5.74) is 0.467. The molecule has 3 heterocycles. The van der Waals surface area contributed by atoms with Gasteiger partial charge in [-0.1, -0.05) is 11.6 Å². The first-order chi connectivity index (χ1) is 16.6. The molecule has 3 aliphatic rings. The Bertz CT molecular complexity index is 1110. The lowest BCUT2D eigenvalue weighted by Gasteiger charge is -2.38. The van der Waals surface area contributed by atoms with Crippen molar-refractivity contribution < 1.29 is 27.1 Å². The van der Waals surface area contributed by atoms with Crippen molar-refractivity contribution in [3.63, 3.8) is 0 Å². The van der Waals surface area contributed by atoms with Crippen LogP contribution in [-0.4, -0.2) is 64.4 Å². The Morgan fingerprint density at radius 3 is 2.51 bits per heavy atom. The molecule has 2 aromatic rings. The molecule has 1 aromatic heterocycles. The second-order valence-corrected chi connectivity index (χ2v) is 9.92. The van der Waals surface area contributed by atoms with Crippen LogP contribution in [-0.2, 0) is 22.3 Å². The van der Waals surface area contributed by atoms with Gasteiger partial charge in [-0.2, -0.15) is 18.3 Å². The fourth-order valence-corrected chi connectivity index (χ4v) is 5.49. The lowest BCUT2D eigenvalue weighted by molar-refractivity contribution is -0.146. The Hall–Kier alpha value is -2.17. The number of aryl methyl sites for hydroxylation is 1. The van der Waals surface area contributed by atoms with Crippen LogP contribution >= 0.6 is 11.6 Å². The van der Waals surface area contributed by atoms with Gasteiger partial charge < -0.3 is 9.64 Å². The summed E-state index contributed by atoms with van der Waals surface area (Å²) in [7, 11) is 0. The van der Waals surface area contributed by atoms with Gasteiger partial charge in [0.15, 0.2) is 0 Å². The number of hydrogen-bond acceptors (Lipinski definition) is 4. The third kappa shape index (κ3) is 4.93. The summed E-state index contributed by atoms with van der Waals surface area (Å²) in [4.78, 5) is 17.2. The lowest BCUT2D eigenvalue weighted by atomic mass is 9.96. The van der Waals surface area contributed by atoms with Gasteiger partial charge in [0.05, 0.1) is 24.9 Å². The second-order valence-electron chi connectivity index (χ2n) is 9.55. The number of nitrogens with zero attached hydrogens (tertiary/aromatic N) is 4. The van der Waals surface area contributed by atoms with E-state index in [0.717, 1.165) is 23.6 Å². The first kappa shape index (κ1) is 24.5. The Morgan fingerprint density at radius 2 is 1.86 bits per heavy atom. The molecule has 190 valence electrons. The Kier molecular flexibility index (Phi) is 6.56. The van der Waals surface area contributed by atoms with E-state index < -0.39 is 36.2 Å². The number of morpholine rings is 1. The number of ether oxygens (including phenoxy) is 1. The maximum absolute atomic E-state index is 14.4. The first-order valence-corrected chi connectivity index (χ1v) is 12.2. The maximum Gasteiger partial charge on any atom is 0.433 e. The molecule has 1 aromatic carbocycles. The molecular weight excluding hydrogens is 488 g/mol. The number of carbonyl (C=O) groups is 1. The van der Waals surface area contributed by atoms with Crippen LogP contribution < -0.4 is 0 Å². The molecule has 35 heavy (non-hydrogen) atoms. The van der Waals surface area contributed by atoms with Crippen LogP contribution in [0.1, 0.15) is 53.7 Å². The molecule has 2 unspecified atom stereocenters. The zero-order chi connectivity index (χ0) is 24.9. The normalized spacial score (nSPS) is 23.8. The molecule has 1 aliphatic carbocycles. The highest BCUT2D eigenvalue weighted by Crippen LogP contribution is 2.43. The van der Waals surface area contributed by atoms with Crippen LogP contribution in [0, 0.1) is 12.7 Å². The minimum absolute atomic E-state index is 0.0202. The number of carbonyl (C=O) groups excluding carboxylic acids is 1. The highest BCUT2D eigenvalue weighted by atomic mass is 35.5. The van der Waals surface area contributed by atoms with E-state index in [1.54, 1.807) is 11.8 Å². The maximum atomic E-state index is 14.4. The quantitative estimate of drug-likeness (QED) is 0.549. The monoisotopic (exact) mass is 514 g/mol. The van der Waals surface area contributed by atoms with Gasteiger partial charge in [-0.25, -0.2) is 4.39 Å². The summed E-state index contributed by atoms with van der Waals surface area (Å²) < 4.78 is 61.8. The van der Waals surface area contributed by atoms with E-state index >= 15 is 0 Å². The molecule has 0 spiro atoms. The molecule has 0 bridgehead atoms. The highest BCUT2D eigenvalue weighted by Gasteiger charge is 2.44. The predicted molar refractivity (Wildman–Crippen MR) is 121 cm³/mol. The van der Waals surface area contributed by atoms with Crippen LogP contribution in [0.5, 0.6) is 0 Å². The van der Waals surface area contributed by atoms with E-state index in [1.807, 2.05) is 0 Å². The summed E-state index contributed by atoms with van der Waals surface area (Å²) in [5.74, 6) is -0.950. The standard InChI is InChI=1S/C24H27ClF4N4O2/c1-14-10-16(26)11-17(22(14)25)23-19(31-6-8-35-9-7-31)4-5-32(23)21(34)13-33-20(24(27,28)29)12-18(30-33)15-2-3-15/h10-12,15,19,23H,2-9,13H2,1H3. The minimum Gasteiger partial charge on any atom is -0.379 e. The van der Waals surface area contributed by atoms with Gasteiger partial charge in [0.25, 0.3) is 0 Å². The highest BCUT2D eigenvalue weighted by molar-refractivity contribution is 6.32. The molecular formula is C24H27ClF4N4O2. The third-order valence-electron chi connectivity index (χ3n) is 7.14. The predicted octanol–water partition coefficient (Wildman–Crippen LogP) is 4.55. The zero-order valence-corrected chi connectivity index (χ0v) is 20.1. The molecule has 3 fully saturated rings. The molecule has 1 amide bonds. The topological polar surface area (TPSA) is 50.6 Å². The number of likely N-dealkylation sites (tertiary alicyclic amines) is 1. The van der Waals surface area contributed by atoms with Gasteiger partial charge in [-0.3, -0.25) is 14.4 Å². The lowest BCUT2D eigenvalue weighted by Crippen LogP contribution is -2.47. The van der Waals surface area contributed by atoms with Crippen LogP contribution in [0.2, 0.25) is 5.02 Å². The van der Waals surface area contributed by atoms with Crippen molar-refractivity contribution in [2.75, 3.05) is 32.8 Å². The van der Waals surface area contributed by atoms with Gasteiger partial charge in [0, 0.05) is 36.6 Å². The second kappa shape index (κ2) is 9.37. The fourth-order valence-electron chi connectivity index (χ4n) is 5.27. The van der Waals surface area contributed by atoms with E-state index in [2.05, 4.69) is 10.00 Å². The van der Waals surface area contributed by atoms with Crippen LogP contribution in [0.15, 0.2) is 18.2 Å². The molecule has 11 heteroatoms. The van der Waals surface area contributed by atoms with E-state index in [1.165, 1.54) is 12.1 Å². The number of alkyl halides is 3. The molecule has 6 nitrogen and oxygen atoms in total. The van der Waals surface area contributed by atoms with Crippen molar-refractivity contribution in [3.8, 4) is 0 Å². The van der Waals surface area contributed by atoms with Crippen molar-refractivity contribution in [2.24, 2.45) is 0 Å². The number of aromatic nitrogens is 2. The average Bonchev–Trinajstić information content (AvgIpc) is 3.41. The van der Waals surface area contributed by atoms with E-state index in [-0.39, 0.29) is 12.0 Å². The summed E-state index contributed by atoms with van der Waals surface area (Å²) in [6.07, 6.45) is -2.42. The summed E-state index contributed by atoms with van der Waals surface area (Å²) in [5, 5.41) is 4.50. The van der Waals surface area contributed by atoms with Gasteiger partial charge in [0.2, 0.25) is 5.91 Å². The molecule has 2 aliphatic heterocycles. The van der Waals surface area contributed by atoms with E-state index in [0.29, 0.717) is 61.1 Å². The van der Waals surface area contributed by atoms with Crippen molar-refractivity contribution in [3.05, 3.63) is 51.6 Å². The Labute approximate surface area is 205 Å². The van der Waals surface area contributed by atoms with Crippen LogP contribution in [0.25, 0.3) is 0 Å². The van der Waals surface area contributed by atoms with Crippen molar-refractivity contribution in [2.45, 2.75) is 56.9 Å². The van der Waals surface area contributed by atoms with Crippen molar-refractivity contribution >= 4 is 17.5 Å². The molecule has 2 saturated heterocycles. The summed E-state index contributed by atoms with van der Waals surface area (Å²) in [6, 6.07) is 2.98. The largest absolute Gasteiger partial charge is 0.433 e. The van der Waals surface area contributed by atoms with Gasteiger partial charge >= 0.3 is 6.18 Å². The molecule has 0 radical (unpaired) electrons. The molecule has 1 saturated carbocycles. The third-order valence-corrected chi connectivity index (χ3v) is 7.65. The number of hydrogen-bond donors (Lipinski definition) is 0. The first-order valence-electron chi connectivity index (χ1n) is 11.8. The zero-order valence-electron chi connectivity index (χ0n) is 19.3. The molecule has 5 rings (SSSR count). The Balaban J connectivity index is 1.48. The summed E-state index contributed by atoms with van der Waals surface area (Å²) in [6.45, 7) is 3.86. The number of benzene rings is 1. The number of amides is 1. The average molecular weight is 515 g/mol. The van der Waals surface area contributed by atoms with Gasteiger partial charge in [-0.15, -0.1) is 0 Å². The number of rotatable bonds is 5. The number of halogens is 5. The fraction of sp³-hybridized carbons (Fsp3) is 0.583.